The average Bonchev–Trinajstić information content (AvgIpc) is 2.83. The number of imide groups is 1. The number of nitrogens with zero attached hydrogens (tertiary/aromatic N) is 1. The van der Waals surface area contributed by atoms with E-state index in [2.05, 4.69) is 5.32 Å². The van der Waals surface area contributed by atoms with Gasteiger partial charge in [-0.25, -0.2) is 4.79 Å². The van der Waals surface area contributed by atoms with Gasteiger partial charge >= 0.3 is 12.0 Å². The molecular weight excluding hydrogens is 320 g/mol. The molecule has 2 fully saturated rings. The first-order valence-corrected chi connectivity index (χ1v) is 8.82. The number of urea groups is 1. The minimum Gasteiger partial charge on any atom is -0.456 e. The van der Waals surface area contributed by atoms with Gasteiger partial charge in [0.1, 0.15) is 18.2 Å². The number of esters is 1. The molecule has 1 aromatic carbocycles. The van der Waals surface area contributed by atoms with Crippen molar-refractivity contribution in [3.8, 4) is 0 Å². The monoisotopic (exact) mass is 344 g/mol. The Morgan fingerprint density at radius 3 is 2.72 bits per heavy atom. The van der Waals surface area contributed by atoms with Gasteiger partial charge in [-0.15, -0.1) is 0 Å². The second kappa shape index (κ2) is 6.86. The SMILES string of the molecule is C[C@@H](OC(=O)CN1C(=O)N[C@@]2(CCCC[C@@H]2C)C1=O)c1ccccc1. The molecule has 1 spiro atoms. The largest absolute Gasteiger partial charge is 0.456 e. The molecule has 0 aromatic heterocycles. The number of carbonyl (C=O) groups excluding carboxylic acids is 3. The summed E-state index contributed by atoms with van der Waals surface area (Å²) in [7, 11) is 0. The maximum absolute atomic E-state index is 12.8. The van der Waals surface area contributed by atoms with Crippen LogP contribution in [0.2, 0.25) is 0 Å². The molecule has 1 saturated heterocycles. The first-order chi connectivity index (χ1) is 11.9. The van der Waals surface area contributed by atoms with E-state index in [4.69, 9.17) is 4.74 Å². The summed E-state index contributed by atoms with van der Waals surface area (Å²) >= 11 is 0. The first kappa shape index (κ1) is 17.5. The molecule has 0 bridgehead atoms. The highest BCUT2D eigenvalue weighted by atomic mass is 16.5. The molecule has 2 aliphatic rings. The van der Waals surface area contributed by atoms with Gasteiger partial charge in [0.25, 0.3) is 5.91 Å². The predicted molar refractivity (Wildman–Crippen MR) is 91.6 cm³/mol. The summed E-state index contributed by atoms with van der Waals surface area (Å²) in [6.07, 6.45) is 3.06. The summed E-state index contributed by atoms with van der Waals surface area (Å²) < 4.78 is 5.38. The van der Waals surface area contributed by atoms with Crippen LogP contribution >= 0.6 is 0 Å². The Morgan fingerprint density at radius 2 is 2.04 bits per heavy atom. The average molecular weight is 344 g/mol. The van der Waals surface area contributed by atoms with Gasteiger partial charge in [-0.2, -0.15) is 0 Å². The fourth-order valence-electron chi connectivity index (χ4n) is 3.79. The number of nitrogens with one attached hydrogen (secondary N) is 1. The van der Waals surface area contributed by atoms with Crippen LogP contribution in [0.3, 0.4) is 0 Å². The van der Waals surface area contributed by atoms with Gasteiger partial charge in [0.15, 0.2) is 0 Å². The van der Waals surface area contributed by atoms with Gasteiger partial charge in [-0.05, 0) is 31.2 Å². The second-order valence-corrected chi connectivity index (χ2v) is 6.98. The third kappa shape index (κ3) is 3.25. The lowest BCUT2D eigenvalue weighted by Crippen LogP contribution is -2.54. The van der Waals surface area contributed by atoms with Gasteiger partial charge < -0.3 is 10.1 Å². The van der Waals surface area contributed by atoms with E-state index >= 15 is 0 Å². The fraction of sp³-hybridized carbons (Fsp3) is 0.526. The molecule has 1 heterocycles. The van der Waals surface area contributed by atoms with Crippen LogP contribution in [-0.4, -0.2) is 34.9 Å². The summed E-state index contributed by atoms with van der Waals surface area (Å²) in [4.78, 5) is 38.3. The van der Waals surface area contributed by atoms with Crippen LogP contribution in [0.1, 0.15) is 51.2 Å². The van der Waals surface area contributed by atoms with Gasteiger partial charge in [0.05, 0.1) is 0 Å². The van der Waals surface area contributed by atoms with Crippen molar-refractivity contribution < 1.29 is 19.1 Å². The lowest BCUT2D eigenvalue weighted by Gasteiger charge is -2.36. The van der Waals surface area contributed by atoms with E-state index in [1.54, 1.807) is 6.92 Å². The molecule has 1 saturated carbocycles. The highest BCUT2D eigenvalue weighted by molar-refractivity contribution is 6.08. The first-order valence-electron chi connectivity index (χ1n) is 8.82. The Balaban J connectivity index is 1.65. The summed E-state index contributed by atoms with van der Waals surface area (Å²) in [5.74, 6) is -0.809. The van der Waals surface area contributed by atoms with Crippen molar-refractivity contribution >= 4 is 17.9 Å². The minimum absolute atomic E-state index is 0.0713. The molecule has 6 heteroatoms. The molecule has 25 heavy (non-hydrogen) atoms. The third-order valence-electron chi connectivity index (χ3n) is 5.37. The van der Waals surface area contributed by atoms with E-state index in [1.807, 2.05) is 37.3 Å². The standard InChI is InChI=1S/C19H24N2O4/c1-13-8-6-7-11-19(13)17(23)21(18(24)20-19)12-16(22)25-14(2)15-9-4-3-5-10-15/h3-5,9-10,13-14H,6-8,11-12H2,1-2H3,(H,20,24)/t13-,14+,19+/m0/s1. The minimum atomic E-state index is -0.847. The van der Waals surface area contributed by atoms with Crippen molar-refractivity contribution in [2.45, 2.75) is 51.2 Å². The molecule has 1 N–H and O–H groups in total. The number of ether oxygens (including phenoxy) is 1. The number of benzene rings is 1. The number of hydrogen-bond acceptors (Lipinski definition) is 4. The summed E-state index contributed by atoms with van der Waals surface area (Å²) in [6.45, 7) is 3.40. The maximum Gasteiger partial charge on any atom is 0.326 e. The van der Waals surface area contributed by atoms with Crippen LogP contribution in [0, 0.1) is 5.92 Å². The normalized spacial score (nSPS) is 27.3. The Kier molecular flexibility index (Phi) is 4.79. The van der Waals surface area contributed by atoms with Crippen molar-refractivity contribution in [1.29, 1.82) is 0 Å². The van der Waals surface area contributed by atoms with Crippen LogP contribution < -0.4 is 5.32 Å². The molecule has 0 unspecified atom stereocenters. The lowest BCUT2D eigenvalue weighted by atomic mass is 9.73. The summed E-state index contributed by atoms with van der Waals surface area (Å²) in [5.41, 5.74) is 0.0196. The van der Waals surface area contributed by atoms with Gasteiger partial charge in [-0.1, -0.05) is 50.1 Å². The topological polar surface area (TPSA) is 75.7 Å². The number of hydrogen-bond donors (Lipinski definition) is 1. The quantitative estimate of drug-likeness (QED) is 0.673. The van der Waals surface area contributed by atoms with Crippen LogP contribution in [-0.2, 0) is 14.3 Å². The molecule has 1 aromatic rings. The van der Waals surface area contributed by atoms with E-state index in [9.17, 15) is 14.4 Å². The van der Waals surface area contributed by atoms with Gasteiger partial charge in [0, 0.05) is 0 Å². The molecule has 134 valence electrons. The van der Waals surface area contributed by atoms with E-state index in [1.165, 1.54) is 0 Å². The number of carbonyl (C=O) groups is 3. The van der Waals surface area contributed by atoms with Crippen LogP contribution in [0.5, 0.6) is 0 Å². The molecule has 1 aliphatic carbocycles. The molecular formula is C19H24N2O4. The third-order valence-corrected chi connectivity index (χ3v) is 5.37. The van der Waals surface area contributed by atoms with E-state index in [0.29, 0.717) is 6.42 Å². The van der Waals surface area contributed by atoms with Crippen LogP contribution in [0.4, 0.5) is 4.79 Å². The van der Waals surface area contributed by atoms with Crippen molar-refractivity contribution in [3.05, 3.63) is 35.9 Å². The molecule has 1 aliphatic heterocycles. The summed E-state index contributed by atoms with van der Waals surface area (Å²) in [6, 6.07) is 8.85. The zero-order valence-electron chi connectivity index (χ0n) is 14.7. The summed E-state index contributed by atoms with van der Waals surface area (Å²) in [5, 5.41) is 2.84. The van der Waals surface area contributed by atoms with E-state index in [-0.39, 0.29) is 18.4 Å². The number of amides is 3. The Hall–Kier alpha value is -2.37. The smallest absolute Gasteiger partial charge is 0.326 e. The molecule has 0 radical (unpaired) electrons. The highest BCUT2D eigenvalue weighted by Crippen LogP contribution is 2.38. The van der Waals surface area contributed by atoms with Gasteiger partial charge in [0.2, 0.25) is 0 Å². The molecule has 3 rings (SSSR count). The second-order valence-electron chi connectivity index (χ2n) is 6.98. The highest BCUT2D eigenvalue weighted by Gasteiger charge is 2.55. The molecule has 3 atom stereocenters. The van der Waals surface area contributed by atoms with Gasteiger partial charge in [-0.3, -0.25) is 14.5 Å². The van der Waals surface area contributed by atoms with Crippen molar-refractivity contribution in [1.82, 2.24) is 10.2 Å². The Morgan fingerprint density at radius 1 is 1.32 bits per heavy atom. The molecule has 6 nitrogen and oxygen atoms in total. The van der Waals surface area contributed by atoms with Crippen LogP contribution in [0.25, 0.3) is 0 Å². The maximum atomic E-state index is 12.8. The number of rotatable bonds is 4. The Labute approximate surface area is 147 Å². The molecule has 3 amide bonds. The van der Waals surface area contributed by atoms with E-state index in [0.717, 1.165) is 29.7 Å². The van der Waals surface area contributed by atoms with E-state index < -0.39 is 23.6 Å². The predicted octanol–water partition coefficient (Wildman–Crippen LogP) is 2.79. The van der Waals surface area contributed by atoms with Crippen molar-refractivity contribution in [2.75, 3.05) is 6.54 Å². The zero-order chi connectivity index (χ0) is 18.0. The Bertz CT molecular complexity index is 675. The van der Waals surface area contributed by atoms with Crippen LogP contribution in [0.15, 0.2) is 30.3 Å². The fourth-order valence-corrected chi connectivity index (χ4v) is 3.79. The lowest BCUT2D eigenvalue weighted by molar-refractivity contribution is -0.152. The van der Waals surface area contributed by atoms with Crippen molar-refractivity contribution in [3.63, 3.8) is 0 Å². The van der Waals surface area contributed by atoms with Crippen molar-refractivity contribution in [2.24, 2.45) is 5.92 Å². The zero-order valence-corrected chi connectivity index (χ0v) is 14.7.